The fourth-order valence-electron chi connectivity index (χ4n) is 1.46. The Morgan fingerprint density at radius 1 is 1.07 bits per heavy atom. The molecule has 2 aromatic rings. The molecule has 0 aliphatic heterocycles. The first-order chi connectivity index (χ1) is 6.92. The van der Waals surface area contributed by atoms with E-state index in [0.29, 0.717) is 0 Å². The minimum absolute atomic E-state index is 0.109. The summed E-state index contributed by atoms with van der Waals surface area (Å²) in [5.74, 6) is -0.109. The summed E-state index contributed by atoms with van der Waals surface area (Å²) >= 11 is 1.62. The van der Waals surface area contributed by atoms with Crippen LogP contribution in [0.5, 0.6) is 0 Å². The SMILES string of the molecule is O=CC(c1ccccc1)c1ccsc1. The summed E-state index contributed by atoms with van der Waals surface area (Å²) in [5, 5.41) is 4.01. The van der Waals surface area contributed by atoms with Crippen LogP contribution in [0.4, 0.5) is 0 Å². The normalized spacial score (nSPS) is 12.3. The Labute approximate surface area is 87.0 Å². The molecule has 1 unspecified atom stereocenters. The minimum atomic E-state index is -0.109. The van der Waals surface area contributed by atoms with Crippen molar-refractivity contribution in [3.63, 3.8) is 0 Å². The van der Waals surface area contributed by atoms with Crippen LogP contribution in [0.15, 0.2) is 47.2 Å². The largest absolute Gasteiger partial charge is 0.302 e. The molecule has 0 saturated heterocycles. The van der Waals surface area contributed by atoms with Crippen molar-refractivity contribution in [3.8, 4) is 0 Å². The monoisotopic (exact) mass is 202 g/mol. The third kappa shape index (κ3) is 1.75. The maximum absolute atomic E-state index is 11.0. The lowest BCUT2D eigenvalue weighted by Crippen LogP contribution is -2.00. The molecule has 2 rings (SSSR count). The van der Waals surface area contributed by atoms with E-state index in [1.54, 1.807) is 11.3 Å². The van der Waals surface area contributed by atoms with Gasteiger partial charge < -0.3 is 4.79 Å². The van der Waals surface area contributed by atoms with Crippen LogP contribution < -0.4 is 0 Å². The average Bonchev–Trinajstić information content (AvgIpc) is 2.74. The van der Waals surface area contributed by atoms with E-state index >= 15 is 0 Å². The minimum Gasteiger partial charge on any atom is -0.302 e. The van der Waals surface area contributed by atoms with Crippen LogP contribution in [0.25, 0.3) is 0 Å². The second-order valence-corrected chi connectivity index (χ2v) is 3.86. The van der Waals surface area contributed by atoms with Gasteiger partial charge in [-0.1, -0.05) is 30.3 Å². The molecule has 1 aromatic heterocycles. The first kappa shape index (κ1) is 9.16. The summed E-state index contributed by atoms with van der Waals surface area (Å²) in [5.41, 5.74) is 2.14. The fourth-order valence-corrected chi connectivity index (χ4v) is 2.16. The highest BCUT2D eigenvalue weighted by Crippen LogP contribution is 2.23. The molecule has 0 saturated carbocycles. The highest BCUT2D eigenvalue weighted by atomic mass is 32.1. The smallest absolute Gasteiger partial charge is 0.131 e. The molecule has 14 heavy (non-hydrogen) atoms. The van der Waals surface area contributed by atoms with Crippen molar-refractivity contribution in [2.75, 3.05) is 0 Å². The van der Waals surface area contributed by atoms with Gasteiger partial charge in [-0.05, 0) is 28.0 Å². The van der Waals surface area contributed by atoms with Gasteiger partial charge in [0, 0.05) is 0 Å². The summed E-state index contributed by atoms with van der Waals surface area (Å²) in [7, 11) is 0. The Morgan fingerprint density at radius 2 is 1.86 bits per heavy atom. The number of hydrogen-bond acceptors (Lipinski definition) is 2. The van der Waals surface area contributed by atoms with Gasteiger partial charge in [-0.2, -0.15) is 11.3 Å². The lowest BCUT2D eigenvalue weighted by atomic mass is 9.95. The van der Waals surface area contributed by atoms with Gasteiger partial charge in [-0.25, -0.2) is 0 Å². The van der Waals surface area contributed by atoms with Gasteiger partial charge in [0.2, 0.25) is 0 Å². The predicted octanol–water partition coefficient (Wildman–Crippen LogP) is 3.08. The Balaban J connectivity index is 2.36. The van der Waals surface area contributed by atoms with Gasteiger partial charge in [0.25, 0.3) is 0 Å². The Bertz CT molecular complexity index is 392. The average molecular weight is 202 g/mol. The van der Waals surface area contributed by atoms with Crippen molar-refractivity contribution in [3.05, 3.63) is 58.3 Å². The molecule has 1 atom stereocenters. The Kier molecular flexibility index (Phi) is 2.75. The highest BCUT2D eigenvalue weighted by Gasteiger charge is 2.12. The third-order valence-corrected chi connectivity index (χ3v) is 2.90. The van der Waals surface area contributed by atoms with E-state index in [1.807, 2.05) is 47.2 Å². The number of benzene rings is 1. The number of rotatable bonds is 3. The summed E-state index contributed by atoms with van der Waals surface area (Å²) in [6.07, 6.45) is 0.997. The van der Waals surface area contributed by atoms with Gasteiger partial charge >= 0.3 is 0 Å². The second kappa shape index (κ2) is 4.20. The number of carbonyl (C=O) groups is 1. The first-order valence-electron chi connectivity index (χ1n) is 4.44. The van der Waals surface area contributed by atoms with Crippen molar-refractivity contribution < 1.29 is 4.79 Å². The summed E-state index contributed by atoms with van der Waals surface area (Å²) in [6.45, 7) is 0. The van der Waals surface area contributed by atoms with Gasteiger partial charge in [-0.15, -0.1) is 0 Å². The molecule has 1 aromatic carbocycles. The summed E-state index contributed by atoms with van der Waals surface area (Å²) in [6, 6.07) is 11.8. The van der Waals surface area contributed by atoms with Crippen molar-refractivity contribution in [1.82, 2.24) is 0 Å². The number of aldehydes is 1. The third-order valence-electron chi connectivity index (χ3n) is 2.20. The molecule has 0 amide bonds. The molecule has 0 bridgehead atoms. The van der Waals surface area contributed by atoms with Crippen LogP contribution in [0.2, 0.25) is 0 Å². The van der Waals surface area contributed by atoms with E-state index in [-0.39, 0.29) is 5.92 Å². The maximum Gasteiger partial charge on any atom is 0.131 e. The zero-order valence-electron chi connectivity index (χ0n) is 7.59. The zero-order valence-corrected chi connectivity index (χ0v) is 8.41. The van der Waals surface area contributed by atoms with E-state index in [9.17, 15) is 4.79 Å². The molecule has 1 nitrogen and oxygen atoms in total. The van der Waals surface area contributed by atoms with E-state index in [4.69, 9.17) is 0 Å². The first-order valence-corrected chi connectivity index (χ1v) is 5.38. The molecule has 0 aliphatic carbocycles. The highest BCUT2D eigenvalue weighted by molar-refractivity contribution is 7.08. The lowest BCUT2D eigenvalue weighted by Gasteiger charge is -2.07. The standard InChI is InChI=1S/C12H10OS/c13-8-12(11-6-7-14-9-11)10-4-2-1-3-5-10/h1-9,12H. The molecule has 0 spiro atoms. The van der Waals surface area contributed by atoms with Crippen LogP contribution in [-0.4, -0.2) is 6.29 Å². The molecule has 70 valence electrons. The predicted molar refractivity (Wildman–Crippen MR) is 58.7 cm³/mol. The van der Waals surface area contributed by atoms with E-state index in [1.165, 1.54) is 0 Å². The molecule has 0 N–H and O–H groups in total. The number of thiophene rings is 1. The van der Waals surface area contributed by atoms with E-state index in [0.717, 1.165) is 17.4 Å². The van der Waals surface area contributed by atoms with Crippen LogP contribution in [0.1, 0.15) is 17.0 Å². The van der Waals surface area contributed by atoms with Crippen LogP contribution in [0, 0.1) is 0 Å². The van der Waals surface area contributed by atoms with Crippen LogP contribution in [-0.2, 0) is 4.79 Å². The van der Waals surface area contributed by atoms with Gasteiger partial charge in [0.05, 0.1) is 5.92 Å². The van der Waals surface area contributed by atoms with Crippen LogP contribution >= 0.6 is 11.3 Å². The van der Waals surface area contributed by atoms with Crippen molar-refractivity contribution in [1.29, 1.82) is 0 Å². The quantitative estimate of drug-likeness (QED) is 0.699. The van der Waals surface area contributed by atoms with E-state index in [2.05, 4.69) is 0 Å². The van der Waals surface area contributed by atoms with Crippen molar-refractivity contribution in [2.45, 2.75) is 5.92 Å². The summed E-state index contributed by atoms with van der Waals surface area (Å²) in [4.78, 5) is 11.0. The molecule has 0 radical (unpaired) electrons. The van der Waals surface area contributed by atoms with Crippen molar-refractivity contribution in [2.24, 2.45) is 0 Å². The summed E-state index contributed by atoms with van der Waals surface area (Å²) < 4.78 is 0. The van der Waals surface area contributed by atoms with Gasteiger partial charge in [0.15, 0.2) is 0 Å². The molecule has 0 fully saturated rings. The van der Waals surface area contributed by atoms with Crippen LogP contribution in [0.3, 0.4) is 0 Å². The van der Waals surface area contributed by atoms with Gasteiger partial charge in [-0.3, -0.25) is 0 Å². The number of carbonyl (C=O) groups excluding carboxylic acids is 1. The fraction of sp³-hybridized carbons (Fsp3) is 0.0833. The lowest BCUT2D eigenvalue weighted by molar-refractivity contribution is -0.108. The number of hydrogen-bond donors (Lipinski definition) is 0. The second-order valence-electron chi connectivity index (χ2n) is 3.08. The topological polar surface area (TPSA) is 17.1 Å². The zero-order chi connectivity index (χ0) is 9.80. The van der Waals surface area contributed by atoms with Gasteiger partial charge in [0.1, 0.15) is 6.29 Å². The molecule has 0 aliphatic rings. The van der Waals surface area contributed by atoms with E-state index < -0.39 is 0 Å². The molecular weight excluding hydrogens is 192 g/mol. The molecule has 2 heteroatoms. The maximum atomic E-state index is 11.0. The van der Waals surface area contributed by atoms with Crippen molar-refractivity contribution >= 4 is 17.6 Å². The molecule has 1 heterocycles. The molecular formula is C12H10OS. The Hall–Kier alpha value is -1.41. The Morgan fingerprint density at radius 3 is 2.43 bits per heavy atom.